The fourth-order valence-corrected chi connectivity index (χ4v) is 2.13. The normalized spacial score (nSPS) is 15.4. The van der Waals surface area contributed by atoms with Crippen molar-refractivity contribution in [3.05, 3.63) is 35.4 Å². The molecule has 0 aromatic heterocycles. The molecule has 4 heteroatoms. The number of alkyl halides is 3. The second-order valence-electron chi connectivity index (χ2n) is 4.86. The predicted molar refractivity (Wildman–Crippen MR) is 67.1 cm³/mol. The van der Waals surface area contributed by atoms with Crippen molar-refractivity contribution in [2.75, 3.05) is 0 Å². The van der Waals surface area contributed by atoms with E-state index in [0.29, 0.717) is 11.5 Å². The molecule has 2 unspecified atom stereocenters. The lowest BCUT2D eigenvalue weighted by Crippen LogP contribution is -2.15. The Bertz CT molecular complexity index is 374. The van der Waals surface area contributed by atoms with Gasteiger partial charge in [-0.25, -0.2) is 0 Å². The van der Waals surface area contributed by atoms with Gasteiger partial charge in [0.2, 0.25) is 0 Å². The number of nitrogens with two attached hydrogens (primary N) is 1. The smallest absolute Gasteiger partial charge is 0.324 e. The van der Waals surface area contributed by atoms with Gasteiger partial charge in [-0.05, 0) is 30.0 Å². The van der Waals surface area contributed by atoms with Crippen molar-refractivity contribution in [3.63, 3.8) is 0 Å². The predicted octanol–water partition coefficient (Wildman–Crippen LogP) is 4.53. The Morgan fingerprint density at radius 2 is 1.94 bits per heavy atom. The quantitative estimate of drug-likeness (QED) is 0.826. The van der Waals surface area contributed by atoms with Gasteiger partial charge in [0.05, 0.1) is 5.56 Å². The minimum atomic E-state index is -4.30. The molecule has 0 fully saturated rings. The van der Waals surface area contributed by atoms with Crippen LogP contribution in [0.25, 0.3) is 0 Å². The molecule has 18 heavy (non-hydrogen) atoms. The fourth-order valence-electron chi connectivity index (χ4n) is 2.13. The summed E-state index contributed by atoms with van der Waals surface area (Å²) in [4.78, 5) is 0. The van der Waals surface area contributed by atoms with Crippen LogP contribution in [0.15, 0.2) is 24.3 Å². The number of halogens is 3. The van der Waals surface area contributed by atoms with E-state index < -0.39 is 11.7 Å². The lowest BCUT2D eigenvalue weighted by molar-refractivity contribution is -0.137. The first-order chi connectivity index (χ1) is 8.34. The second-order valence-corrected chi connectivity index (χ2v) is 4.86. The van der Waals surface area contributed by atoms with E-state index in [1.807, 2.05) is 0 Å². The van der Waals surface area contributed by atoms with Gasteiger partial charge < -0.3 is 5.73 Å². The summed E-state index contributed by atoms with van der Waals surface area (Å²) in [5.41, 5.74) is 5.91. The molecule has 102 valence electrons. The average Bonchev–Trinajstić information content (AvgIpc) is 2.28. The minimum Gasteiger partial charge on any atom is -0.324 e. The Balaban J connectivity index is 2.77. The minimum absolute atomic E-state index is 0.325. The molecule has 2 atom stereocenters. The lowest BCUT2D eigenvalue weighted by atomic mass is 9.93. The summed E-state index contributed by atoms with van der Waals surface area (Å²) < 4.78 is 37.7. The Labute approximate surface area is 106 Å². The highest BCUT2D eigenvalue weighted by atomic mass is 19.4. The van der Waals surface area contributed by atoms with Crippen molar-refractivity contribution < 1.29 is 13.2 Å². The van der Waals surface area contributed by atoms with Crippen molar-refractivity contribution in [3.8, 4) is 0 Å². The molecule has 1 aromatic carbocycles. The molecular formula is C14H20F3N. The largest absolute Gasteiger partial charge is 0.416 e. The van der Waals surface area contributed by atoms with Crippen LogP contribution in [-0.4, -0.2) is 0 Å². The molecule has 0 spiro atoms. The van der Waals surface area contributed by atoms with Crippen LogP contribution in [0.2, 0.25) is 0 Å². The SMILES string of the molecule is CCCC(C)CC(N)c1cccc(C(F)(F)F)c1. The number of hydrogen-bond acceptors (Lipinski definition) is 1. The van der Waals surface area contributed by atoms with Gasteiger partial charge in [-0.15, -0.1) is 0 Å². The molecule has 1 aromatic rings. The standard InChI is InChI=1S/C14H20F3N/c1-3-5-10(2)8-13(18)11-6-4-7-12(9-11)14(15,16)17/h4,6-7,9-10,13H,3,5,8,18H2,1-2H3. The highest BCUT2D eigenvalue weighted by Gasteiger charge is 2.30. The third-order valence-electron chi connectivity index (χ3n) is 3.08. The molecular weight excluding hydrogens is 239 g/mol. The third-order valence-corrected chi connectivity index (χ3v) is 3.08. The van der Waals surface area contributed by atoms with Gasteiger partial charge in [0, 0.05) is 6.04 Å². The van der Waals surface area contributed by atoms with Gasteiger partial charge in [0.25, 0.3) is 0 Å². The summed E-state index contributed by atoms with van der Waals surface area (Å²) in [6, 6.07) is 4.99. The van der Waals surface area contributed by atoms with Crippen molar-refractivity contribution in [2.45, 2.75) is 45.3 Å². The molecule has 0 aliphatic carbocycles. The van der Waals surface area contributed by atoms with Crippen LogP contribution < -0.4 is 5.73 Å². The van der Waals surface area contributed by atoms with Crippen LogP contribution in [0.1, 0.15) is 50.3 Å². The first-order valence-corrected chi connectivity index (χ1v) is 6.27. The molecule has 0 saturated heterocycles. The summed E-state index contributed by atoms with van der Waals surface area (Å²) >= 11 is 0. The van der Waals surface area contributed by atoms with Gasteiger partial charge in [-0.3, -0.25) is 0 Å². The summed E-state index contributed by atoms with van der Waals surface area (Å²) in [5, 5.41) is 0. The highest BCUT2D eigenvalue weighted by Crippen LogP contribution is 2.31. The fraction of sp³-hybridized carbons (Fsp3) is 0.571. The molecule has 0 heterocycles. The molecule has 0 aliphatic heterocycles. The maximum Gasteiger partial charge on any atom is 0.416 e. The van der Waals surface area contributed by atoms with Gasteiger partial charge in [-0.1, -0.05) is 38.8 Å². The van der Waals surface area contributed by atoms with Gasteiger partial charge >= 0.3 is 6.18 Å². The first kappa shape index (κ1) is 15.0. The molecule has 0 aliphatic rings. The van der Waals surface area contributed by atoms with E-state index in [2.05, 4.69) is 13.8 Å². The zero-order valence-corrected chi connectivity index (χ0v) is 10.8. The van der Waals surface area contributed by atoms with Gasteiger partial charge in [0.15, 0.2) is 0 Å². The molecule has 2 N–H and O–H groups in total. The van der Waals surface area contributed by atoms with E-state index in [-0.39, 0.29) is 6.04 Å². The topological polar surface area (TPSA) is 26.0 Å². The molecule has 1 rings (SSSR count). The van der Waals surface area contributed by atoms with Crippen LogP contribution in [0, 0.1) is 5.92 Å². The monoisotopic (exact) mass is 259 g/mol. The van der Waals surface area contributed by atoms with Crippen molar-refractivity contribution >= 4 is 0 Å². The lowest BCUT2D eigenvalue weighted by Gasteiger charge is -2.18. The maximum absolute atomic E-state index is 12.6. The number of rotatable bonds is 5. The summed E-state index contributed by atoms with van der Waals surface area (Å²) in [7, 11) is 0. The summed E-state index contributed by atoms with van der Waals surface area (Å²) in [5.74, 6) is 0.430. The summed E-state index contributed by atoms with van der Waals surface area (Å²) in [6.07, 6.45) is -1.47. The number of hydrogen-bond donors (Lipinski definition) is 1. The van der Waals surface area contributed by atoms with Crippen LogP contribution in [0.3, 0.4) is 0 Å². The van der Waals surface area contributed by atoms with E-state index in [0.717, 1.165) is 31.4 Å². The van der Waals surface area contributed by atoms with E-state index in [4.69, 9.17) is 5.73 Å². The second kappa shape index (κ2) is 6.23. The average molecular weight is 259 g/mol. The molecule has 0 bridgehead atoms. The van der Waals surface area contributed by atoms with Crippen LogP contribution >= 0.6 is 0 Å². The van der Waals surface area contributed by atoms with E-state index in [9.17, 15) is 13.2 Å². The van der Waals surface area contributed by atoms with E-state index >= 15 is 0 Å². The van der Waals surface area contributed by atoms with Crippen LogP contribution in [-0.2, 0) is 6.18 Å². The highest BCUT2D eigenvalue weighted by molar-refractivity contribution is 5.27. The van der Waals surface area contributed by atoms with Crippen molar-refractivity contribution in [1.82, 2.24) is 0 Å². The Kier molecular flexibility index (Phi) is 5.20. The molecule has 1 nitrogen and oxygen atoms in total. The zero-order chi connectivity index (χ0) is 13.8. The Hall–Kier alpha value is -1.03. The zero-order valence-electron chi connectivity index (χ0n) is 10.8. The van der Waals surface area contributed by atoms with E-state index in [1.54, 1.807) is 6.07 Å². The van der Waals surface area contributed by atoms with E-state index in [1.165, 1.54) is 6.07 Å². The van der Waals surface area contributed by atoms with Gasteiger partial charge in [0.1, 0.15) is 0 Å². The third kappa shape index (κ3) is 4.33. The summed E-state index contributed by atoms with van der Waals surface area (Å²) in [6.45, 7) is 4.17. The Morgan fingerprint density at radius 1 is 1.28 bits per heavy atom. The molecule has 0 saturated carbocycles. The molecule has 0 radical (unpaired) electrons. The van der Waals surface area contributed by atoms with Crippen LogP contribution in [0.5, 0.6) is 0 Å². The maximum atomic E-state index is 12.6. The van der Waals surface area contributed by atoms with Crippen molar-refractivity contribution in [2.24, 2.45) is 11.7 Å². The van der Waals surface area contributed by atoms with Crippen molar-refractivity contribution in [1.29, 1.82) is 0 Å². The Morgan fingerprint density at radius 3 is 2.50 bits per heavy atom. The molecule has 0 amide bonds. The van der Waals surface area contributed by atoms with Gasteiger partial charge in [-0.2, -0.15) is 13.2 Å². The number of benzene rings is 1. The van der Waals surface area contributed by atoms with Crippen LogP contribution in [0.4, 0.5) is 13.2 Å². The first-order valence-electron chi connectivity index (χ1n) is 6.27.